The van der Waals surface area contributed by atoms with Crippen molar-refractivity contribution in [2.24, 2.45) is 0 Å². The van der Waals surface area contributed by atoms with Gasteiger partial charge in [0.15, 0.2) is 0 Å². The molecule has 0 amide bonds. The number of hydrogen-bond donors (Lipinski definition) is 4. The van der Waals surface area contributed by atoms with Crippen molar-refractivity contribution in [3.63, 3.8) is 0 Å². The maximum Gasteiger partial charge on any atom is 0.402 e. The van der Waals surface area contributed by atoms with Gasteiger partial charge in [-0.25, -0.2) is 19.3 Å². The summed E-state index contributed by atoms with van der Waals surface area (Å²) in [6, 6.07) is 0. The first-order valence-corrected chi connectivity index (χ1v) is 7.11. The van der Waals surface area contributed by atoms with E-state index in [1.807, 2.05) is 0 Å². The van der Waals surface area contributed by atoms with E-state index in [9.17, 15) is 9.13 Å². The van der Waals surface area contributed by atoms with E-state index in [2.05, 4.69) is 19.2 Å². The van der Waals surface area contributed by atoms with Crippen molar-refractivity contribution < 1.29 is 28.0 Å². The Labute approximate surface area is 89.2 Å². The number of rotatable bonds is 5. The minimum absolute atomic E-state index is 0.432. The van der Waals surface area contributed by atoms with Crippen molar-refractivity contribution in [2.45, 2.75) is 6.92 Å². The van der Waals surface area contributed by atoms with Crippen molar-refractivity contribution in [2.75, 3.05) is 27.8 Å². The summed E-state index contributed by atoms with van der Waals surface area (Å²) in [4.78, 5) is 16.9. The first kappa shape index (κ1) is 17.6. The van der Waals surface area contributed by atoms with E-state index < -0.39 is 15.5 Å². The molecule has 0 saturated carbocycles. The van der Waals surface area contributed by atoms with Crippen molar-refractivity contribution in [3.8, 4) is 0 Å². The van der Waals surface area contributed by atoms with E-state index >= 15 is 0 Å². The summed E-state index contributed by atoms with van der Waals surface area (Å²) in [6.45, 7) is 2.16. The first-order valence-electron chi connectivity index (χ1n) is 3.95. The van der Waals surface area contributed by atoms with Crippen LogP contribution in [0.3, 0.4) is 0 Å². The topological polar surface area (TPSA) is 117 Å². The van der Waals surface area contributed by atoms with Gasteiger partial charge in [-0.15, -0.1) is 0 Å². The molecule has 0 aliphatic rings. The normalized spacial score (nSPS) is 18.3. The van der Waals surface area contributed by atoms with Gasteiger partial charge in [0, 0.05) is 20.8 Å². The molecule has 94 valence electrons. The highest BCUT2D eigenvalue weighted by atomic mass is 31.2. The molecule has 0 spiro atoms. The van der Waals surface area contributed by atoms with Crippen LogP contribution in [0.15, 0.2) is 0 Å². The highest BCUT2D eigenvalue weighted by Crippen LogP contribution is 2.34. The zero-order valence-electron chi connectivity index (χ0n) is 9.13. The van der Waals surface area contributed by atoms with Crippen molar-refractivity contribution in [3.05, 3.63) is 0 Å². The van der Waals surface area contributed by atoms with Crippen LogP contribution >= 0.6 is 15.5 Å². The van der Waals surface area contributed by atoms with E-state index in [0.29, 0.717) is 6.54 Å². The van der Waals surface area contributed by atoms with Gasteiger partial charge >= 0.3 is 15.5 Å². The second-order valence-electron chi connectivity index (χ2n) is 2.14. The summed E-state index contributed by atoms with van der Waals surface area (Å²) in [5, 5.41) is 4.34. The Balaban J connectivity index is 0. The Morgan fingerprint density at radius 3 is 1.60 bits per heavy atom. The van der Waals surface area contributed by atoms with Crippen LogP contribution in [-0.4, -0.2) is 37.6 Å². The average Bonchev–Trinajstić information content (AvgIpc) is 2.19. The Bertz CT molecular complexity index is 240. The molecular weight excluding hydrogens is 246 g/mol. The molecule has 2 unspecified atom stereocenters. The minimum atomic E-state index is -3.42. The summed E-state index contributed by atoms with van der Waals surface area (Å²) in [5.41, 5.74) is 0. The van der Waals surface area contributed by atoms with Gasteiger partial charge in [0.2, 0.25) is 0 Å². The third-order valence-corrected chi connectivity index (χ3v) is 3.41. The maximum absolute atomic E-state index is 10.4. The van der Waals surface area contributed by atoms with Crippen molar-refractivity contribution >= 4 is 15.5 Å². The van der Waals surface area contributed by atoms with Gasteiger partial charge in [0.25, 0.3) is 0 Å². The minimum Gasteiger partial charge on any atom is -0.312 e. The highest BCUT2D eigenvalue weighted by Gasteiger charge is 2.12. The SMILES string of the molecule is CCNP(=O)(O)OC.CNP(=O)(O)OC. The van der Waals surface area contributed by atoms with Crippen LogP contribution in [0.25, 0.3) is 0 Å². The zero-order chi connectivity index (χ0) is 12.5. The Morgan fingerprint density at radius 2 is 1.53 bits per heavy atom. The largest absolute Gasteiger partial charge is 0.402 e. The molecule has 10 heteroatoms. The van der Waals surface area contributed by atoms with Crippen LogP contribution in [0.5, 0.6) is 0 Å². The molecule has 0 aliphatic heterocycles. The quantitative estimate of drug-likeness (QED) is 0.523. The number of hydrogen-bond acceptors (Lipinski definition) is 4. The Hall–Kier alpha value is 0.220. The molecule has 0 rings (SSSR count). The summed E-state index contributed by atoms with van der Waals surface area (Å²) >= 11 is 0. The lowest BCUT2D eigenvalue weighted by atomic mass is 10.8. The standard InChI is InChI=1S/C3H10NO3P.C2H8NO3P/c1-3-4-8(5,6)7-2;1-3-7(4,5)6-2/h3H2,1-2H3,(H2,4,5,6);1-2H3,(H2,3,4,5). The molecule has 0 fully saturated rings. The highest BCUT2D eigenvalue weighted by molar-refractivity contribution is 7.50. The number of nitrogens with one attached hydrogen (secondary N) is 2. The van der Waals surface area contributed by atoms with E-state index in [4.69, 9.17) is 9.79 Å². The molecule has 0 aromatic heterocycles. The predicted molar refractivity (Wildman–Crippen MR) is 56.4 cm³/mol. The fraction of sp³-hybridized carbons (Fsp3) is 1.00. The van der Waals surface area contributed by atoms with Crippen LogP contribution in [0.4, 0.5) is 0 Å². The second-order valence-corrected chi connectivity index (χ2v) is 5.72. The molecule has 0 radical (unpaired) electrons. The smallest absolute Gasteiger partial charge is 0.312 e. The summed E-state index contributed by atoms with van der Waals surface area (Å²) in [6.07, 6.45) is 0. The average molecular weight is 264 g/mol. The molecular formula is C5H18N2O6P2. The molecule has 4 N–H and O–H groups in total. The lowest BCUT2D eigenvalue weighted by molar-refractivity contribution is 0.303. The van der Waals surface area contributed by atoms with Gasteiger partial charge < -0.3 is 18.8 Å². The molecule has 0 aromatic rings. The molecule has 0 saturated heterocycles. The lowest BCUT2D eigenvalue weighted by Gasteiger charge is -2.06. The van der Waals surface area contributed by atoms with Crippen LogP contribution in [0.2, 0.25) is 0 Å². The van der Waals surface area contributed by atoms with Crippen LogP contribution in [0, 0.1) is 0 Å². The van der Waals surface area contributed by atoms with E-state index in [0.717, 1.165) is 7.11 Å². The van der Waals surface area contributed by atoms with E-state index in [1.54, 1.807) is 6.92 Å². The molecule has 0 bridgehead atoms. The Kier molecular flexibility index (Phi) is 9.84. The predicted octanol–water partition coefficient (Wildman–Crippen LogP) is 0.295. The van der Waals surface area contributed by atoms with Gasteiger partial charge in [-0.2, -0.15) is 0 Å². The monoisotopic (exact) mass is 264 g/mol. The molecule has 0 aliphatic carbocycles. The van der Waals surface area contributed by atoms with E-state index in [-0.39, 0.29) is 0 Å². The third kappa shape index (κ3) is 12.2. The van der Waals surface area contributed by atoms with Crippen LogP contribution < -0.4 is 10.2 Å². The van der Waals surface area contributed by atoms with Crippen molar-refractivity contribution in [1.82, 2.24) is 10.2 Å². The van der Waals surface area contributed by atoms with Gasteiger partial charge in [0.05, 0.1) is 0 Å². The maximum atomic E-state index is 10.4. The Morgan fingerprint density at radius 1 is 1.13 bits per heavy atom. The summed E-state index contributed by atoms with van der Waals surface area (Å²) < 4.78 is 28.8. The van der Waals surface area contributed by atoms with Gasteiger partial charge in [-0.1, -0.05) is 6.92 Å². The van der Waals surface area contributed by atoms with E-state index in [1.165, 1.54) is 14.2 Å². The zero-order valence-corrected chi connectivity index (χ0v) is 10.9. The molecule has 0 heterocycles. The van der Waals surface area contributed by atoms with Gasteiger partial charge in [-0.05, 0) is 7.05 Å². The fourth-order valence-electron chi connectivity index (χ4n) is 0.356. The van der Waals surface area contributed by atoms with Crippen LogP contribution in [-0.2, 0) is 18.2 Å². The first-order chi connectivity index (χ1) is 6.74. The molecule has 8 nitrogen and oxygen atoms in total. The second kappa shape index (κ2) is 8.38. The third-order valence-electron chi connectivity index (χ3n) is 1.14. The van der Waals surface area contributed by atoms with Gasteiger partial charge in [0.1, 0.15) is 0 Å². The molecule has 15 heavy (non-hydrogen) atoms. The van der Waals surface area contributed by atoms with Crippen molar-refractivity contribution in [1.29, 1.82) is 0 Å². The summed E-state index contributed by atoms with van der Waals surface area (Å²) in [7, 11) is -3.13. The summed E-state index contributed by atoms with van der Waals surface area (Å²) in [5.74, 6) is 0. The van der Waals surface area contributed by atoms with Crippen LogP contribution in [0.1, 0.15) is 6.92 Å². The lowest BCUT2D eigenvalue weighted by Crippen LogP contribution is -2.09. The fourth-order valence-corrected chi connectivity index (χ4v) is 1.07. The molecule has 0 aromatic carbocycles. The molecule has 2 atom stereocenters. The van der Waals surface area contributed by atoms with Gasteiger partial charge in [-0.3, -0.25) is 0 Å².